The maximum atomic E-state index is 13.1. The summed E-state index contributed by atoms with van der Waals surface area (Å²) in [6.45, 7) is -0.903. The Morgan fingerprint density at radius 1 is 1.23 bits per heavy atom. The molecule has 0 aromatic heterocycles. The second-order valence-corrected chi connectivity index (χ2v) is 7.09. The number of fused-ring (bicyclic) bond motifs is 2. The molecule has 0 saturated heterocycles. The molecule has 2 rings (SSSR count). The summed E-state index contributed by atoms with van der Waals surface area (Å²) < 4.78 is 75.0. The monoisotopic (exact) mass is 346 g/mol. The second kappa shape index (κ2) is 6.43. The Hall–Kier alpha value is -0.700. The lowest BCUT2D eigenvalue weighted by molar-refractivity contribution is -0.173. The summed E-state index contributed by atoms with van der Waals surface area (Å²) in [5, 5.41) is -5.07. The van der Waals surface area contributed by atoms with Crippen molar-refractivity contribution < 1.29 is 35.9 Å². The van der Waals surface area contributed by atoms with Crippen molar-refractivity contribution >= 4 is 17.0 Å². The molecule has 0 aliphatic heterocycles. The Morgan fingerprint density at radius 3 is 2.41 bits per heavy atom. The number of rotatable bonds is 7. The van der Waals surface area contributed by atoms with Crippen LogP contribution in [0.4, 0.5) is 17.6 Å². The molecule has 4 unspecified atom stereocenters. The van der Waals surface area contributed by atoms with Crippen molar-refractivity contribution in [3.63, 3.8) is 0 Å². The van der Waals surface area contributed by atoms with Crippen LogP contribution in [-0.2, 0) is 20.6 Å². The van der Waals surface area contributed by atoms with Crippen LogP contribution >= 0.6 is 0 Å². The third kappa shape index (κ3) is 3.61. The molecule has 0 spiro atoms. The Bertz CT molecular complexity index is 457. The van der Waals surface area contributed by atoms with Crippen LogP contribution in [0.2, 0.25) is 0 Å². The lowest BCUT2D eigenvalue weighted by Crippen LogP contribution is -2.44. The molecule has 0 aromatic rings. The van der Waals surface area contributed by atoms with Crippen molar-refractivity contribution in [3.05, 3.63) is 0 Å². The van der Waals surface area contributed by atoms with Gasteiger partial charge >= 0.3 is 17.1 Å². The van der Waals surface area contributed by atoms with E-state index in [9.17, 15) is 26.6 Å². The minimum Gasteiger partial charge on any atom is -0.465 e. The summed E-state index contributed by atoms with van der Waals surface area (Å²) in [5.41, 5.74) is 0. The fraction of sp³-hybridized carbons (Fsp3) is 0.923. The van der Waals surface area contributed by atoms with E-state index in [1.54, 1.807) is 0 Å². The van der Waals surface area contributed by atoms with E-state index >= 15 is 0 Å². The minimum absolute atomic E-state index is 0.120. The van der Waals surface area contributed by atoms with Crippen LogP contribution in [0.15, 0.2) is 0 Å². The zero-order valence-electron chi connectivity index (χ0n) is 11.8. The van der Waals surface area contributed by atoms with Gasteiger partial charge < -0.3 is 9.29 Å². The van der Waals surface area contributed by atoms with Gasteiger partial charge in [0.25, 0.3) is 0 Å². The number of esters is 1. The lowest BCUT2D eigenvalue weighted by atomic mass is 9.86. The molecule has 4 nitrogen and oxygen atoms in total. The molecule has 2 saturated carbocycles. The summed E-state index contributed by atoms with van der Waals surface area (Å²) >= 11 is -3.99. The van der Waals surface area contributed by atoms with Crippen molar-refractivity contribution in [2.75, 3.05) is 6.61 Å². The zero-order valence-corrected chi connectivity index (χ0v) is 12.6. The van der Waals surface area contributed by atoms with Gasteiger partial charge in [0, 0.05) is 6.42 Å². The van der Waals surface area contributed by atoms with Crippen molar-refractivity contribution in [3.8, 4) is 0 Å². The normalized spacial score (nSPS) is 29.6. The molecule has 2 aliphatic carbocycles. The first-order valence-corrected chi connectivity index (χ1v) is 8.26. The van der Waals surface area contributed by atoms with E-state index < -0.39 is 41.3 Å². The first-order valence-electron chi connectivity index (χ1n) is 7.15. The van der Waals surface area contributed by atoms with Crippen LogP contribution in [-0.4, -0.2) is 32.5 Å². The van der Waals surface area contributed by atoms with Gasteiger partial charge in [-0.3, -0.25) is 4.79 Å². The summed E-state index contributed by atoms with van der Waals surface area (Å²) in [7, 11) is 0. The van der Waals surface area contributed by atoms with Crippen molar-refractivity contribution in [2.45, 2.75) is 49.7 Å². The Balaban J connectivity index is 1.74. The van der Waals surface area contributed by atoms with Gasteiger partial charge in [-0.2, -0.15) is 17.6 Å². The number of alkyl halides is 4. The van der Waals surface area contributed by atoms with E-state index in [1.165, 1.54) is 0 Å². The molecule has 2 bridgehead atoms. The van der Waals surface area contributed by atoms with Crippen molar-refractivity contribution in [1.82, 2.24) is 0 Å². The SMILES string of the molecule is O=C(CC1CC2CCC1C2)OCCC(F)(F)C(F)(F)S(=O)O. The molecule has 0 radical (unpaired) electrons. The smallest absolute Gasteiger partial charge is 0.406 e. The Morgan fingerprint density at radius 2 is 1.91 bits per heavy atom. The maximum Gasteiger partial charge on any atom is 0.406 e. The van der Waals surface area contributed by atoms with E-state index in [1.807, 2.05) is 0 Å². The highest BCUT2D eigenvalue weighted by Gasteiger charge is 2.61. The molecular formula is C13H18F4O4S. The molecule has 0 amide bonds. The topological polar surface area (TPSA) is 63.6 Å². The first-order chi connectivity index (χ1) is 10.1. The van der Waals surface area contributed by atoms with Gasteiger partial charge in [0.15, 0.2) is 0 Å². The molecule has 4 atom stereocenters. The average Bonchev–Trinajstić information content (AvgIpc) is 3.00. The average molecular weight is 346 g/mol. The van der Waals surface area contributed by atoms with Crippen LogP contribution < -0.4 is 0 Å². The number of ether oxygens (including phenoxy) is 1. The predicted octanol–water partition coefficient (Wildman–Crippen LogP) is 3.20. The zero-order chi connectivity index (χ0) is 16.5. The minimum atomic E-state index is -5.07. The number of carbonyl (C=O) groups is 1. The van der Waals surface area contributed by atoms with Crippen LogP contribution in [0.5, 0.6) is 0 Å². The predicted molar refractivity (Wildman–Crippen MR) is 69.8 cm³/mol. The molecule has 22 heavy (non-hydrogen) atoms. The van der Waals surface area contributed by atoms with Crippen LogP contribution in [0.25, 0.3) is 0 Å². The lowest BCUT2D eigenvalue weighted by Gasteiger charge is -2.23. The largest absolute Gasteiger partial charge is 0.465 e. The van der Waals surface area contributed by atoms with Gasteiger partial charge in [0.2, 0.25) is 11.1 Å². The van der Waals surface area contributed by atoms with Crippen LogP contribution in [0.3, 0.4) is 0 Å². The van der Waals surface area contributed by atoms with Crippen molar-refractivity contribution in [1.29, 1.82) is 0 Å². The van der Waals surface area contributed by atoms with E-state index in [2.05, 4.69) is 4.74 Å². The van der Waals surface area contributed by atoms with E-state index in [-0.39, 0.29) is 12.3 Å². The molecule has 1 N–H and O–H groups in total. The molecule has 9 heteroatoms. The van der Waals surface area contributed by atoms with Gasteiger partial charge in [0.1, 0.15) is 0 Å². The number of hydrogen-bond donors (Lipinski definition) is 1. The fourth-order valence-electron chi connectivity index (χ4n) is 3.47. The Kier molecular flexibility index (Phi) is 5.16. The fourth-order valence-corrected chi connectivity index (χ4v) is 3.82. The van der Waals surface area contributed by atoms with E-state index in [0.717, 1.165) is 25.7 Å². The van der Waals surface area contributed by atoms with Crippen molar-refractivity contribution in [2.24, 2.45) is 17.8 Å². The quantitative estimate of drug-likeness (QED) is 0.437. The highest BCUT2D eigenvalue weighted by Crippen LogP contribution is 2.49. The van der Waals surface area contributed by atoms with Gasteiger partial charge in [-0.15, -0.1) is 0 Å². The maximum absolute atomic E-state index is 13.1. The third-order valence-electron chi connectivity index (χ3n) is 4.64. The molecule has 0 heterocycles. The highest BCUT2D eigenvalue weighted by atomic mass is 32.2. The van der Waals surface area contributed by atoms with Gasteiger partial charge in [-0.25, -0.2) is 4.21 Å². The summed E-state index contributed by atoms with van der Waals surface area (Å²) in [5.74, 6) is -4.09. The summed E-state index contributed by atoms with van der Waals surface area (Å²) in [4.78, 5) is 11.6. The van der Waals surface area contributed by atoms with E-state index in [0.29, 0.717) is 11.8 Å². The van der Waals surface area contributed by atoms with Gasteiger partial charge in [-0.1, -0.05) is 6.42 Å². The molecule has 0 aromatic carbocycles. The third-order valence-corrected chi connectivity index (χ3v) is 5.37. The van der Waals surface area contributed by atoms with Gasteiger partial charge in [-0.05, 0) is 37.0 Å². The number of hydrogen-bond acceptors (Lipinski definition) is 3. The highest BCUT2D eigenvalue weighted by molar-refractivity contribution is 7.80. The summed E-state index contributed by atoms with van der Waals surface area (Å²) in [6.07, 6.45) is 2.87. The van der Waals surface area contributed by atoms with E-state index in [4.69, 9.17) is 4.55 Å². The Labute approximate surface area is 127 Å². The molecule has 2 fully saturated rings. The standard InChI is InChI=1S/C13H18F4O4S/c14-12(15,13(16,17)22(19)20)3-4-21-11(18)7-10-6-8-1-2-9(10)5-8/h8-10H,1-7H2,(H,19,20). The number of halogens is 4. The second-order valence-electron chi connectivity index (χ2n) is 6.08. The first kappa shape index (κ1) is 17.7. The molecular weight excluding hydrogens is 328 g/mol. The van der Waals surface area contributed by atoms with Crippen LogP contribution in [0.1, 0.15) is 38.5 Å². The number of carbonyl (C=O) groups excluding carboxylic acids is 1. The van der Waals surface area contributed by atoms with Crippen LogP contribution in [0, 0.1) is 17.8 Å². The molecule has 128 valence electrons. The van der Waals surface area contributed by atoms with Gasteiger partial charge in [0.05, 0.1) is 13.0 Å². The summed E-state index contributed by atoms with van der Waals surface area (Å²) in [6, 6.07) is 0. The molecule has 2 aliphatic rings.